The van der Waals surface area contributed by atoms with Crippen molar-refractivity contribution < 1.29 is 13.5 Å². The molecule has 2 N–H and O–H groups in total. The lowest BCUT2D eigenvalue weighted by molar-refractivity contribution is 0.181. The van der Waals surface area contributed by atoms with Crippen LogP contribution in [-0.4, -0.2) is 38.5 Å². The number of nitrogens with zero attached hydrogens (tertiary/aromatic N) is 1. The summed E-state index contributed by atoms with van der Waals surface area (Å²) in [6, 6.07) is 13.4. The Balaban J connectivity index is 2.13. The molecule has 2 rings (SSSR count). The van der Waals surface area contributed by atoms with Gasteiger partial charge in [-0.15, -0.1) is 0 Å². The molecule has 0 bridgehead atoms. The Hall–Kier alpha value is -1.47. The first-order valence-corrected chi connectivity index (χ1v) is 7.68. The van der Waals surface area contributed by atoms with Crippen LogP contribution < -0.4 is 4.72 Å². The van der Waals surface area contributed by atoms with E-state index in [1.807, 2.05) is 36.4 Å². The van der Waals surface area contributed by atoms with Crippen molar-refractivity contribution in [1.82, 2.24) is 9.03 Å². The highest BCUT2D eigenvalue weighted by Crippen LogP contribution is 2.20. The highest BCUT2D eigenvalue weighted by atomic mass is 32.2. The lowest BCUT2D eigenvalue weighted by atomic mass is 10.0. The Kier molecular flexibility index (Phi) is 4.39. The van der Waals surface area contributed by atoms with Crippen LogP contribution in [0.5, 0.6) is 0 Å². The van der Waals surface area contributed by atoms with Crippen molar-refractivity contribution in [3.8, 4) is 0 Å². The molecular weight excluding hydrogens is 276 g/mol. The summed E-state index contributed by atoms with van der Waals surface area (Å²) >= 11 is 0. The zero-order valence-electron chi connectivity index (χ0n) is 11.4. The molecule has 0 radical (unpaired) electrons. The Morgan fingerprint density at radius 1 is 1.15 bits per heavy atom. The lowest BCUT2D eigenvalue weighted by Crippen LogP contribution is -2.37. The Bertz CT molecular complexity index is 698. The zero-order valence-corrected chi connectivity index (χ0v) is 12.3. The summed E-state index contributed by atoms with van der Waals surface area (Å²) in [4.78, 5) is 0. The zero-order chi connectivity index (χ0) is 14.8. The third-order valence-electron chi connectivity index (χ3n) is 3.10. The van der Waals surface area contributed by atoms with E-state index in [-0.39, 0.29) is 6.54 Å². The van der Waals surface area contributed by atoms with E-state index >= 15 is 0 Å². The number of aliphatic hydroxyl groups is 1. The van der Waals surface area contributed by atoms with Gasteiger partial charge in [0.2, 0.25) is 0 Å². The van der Waals surface area contributed by atoms with Gasteiger partial charge in [-0.3, -0.25) is 0 Å². The summed E-state index contributed by atoms with van der Waals surface area (Å²) in [5, 5.41) is 12.2. The van der Waals surface area contributed by atoms with Gasteiger partial charge < -0.3 is 5.11 Å². The van der Waals surface area contributed by atoms with Crippen LogP contribution in [0.25, 0.3) is 10.8 Å². The van der Waals surface area contributed by atoms with Crippen LogP contribution in [0.4, 0.5) is 0 Å². The van der Waals surface area contributed by atoms with E-state index in [1.54, 1.807) is 6.07 Å². The lowest BCUT2D eigenvalue weighted by Gasteiger charge is -2.16. The molecule has 0 aliphatic heterocycles. The number of rotatable bonds is 5. The fourth-order valence-electron chi connectivity index (χ4n) is 1.85. The van der Waals surface area contributed by atoms with Gasteiger partial charge in [0.15, 0.2) is 0 Å². The molecule has 0 aromatic heterocycles. The molecule has 0 saturated carbocycles. The van der Waals surface area contributed by atoms with E-state index in [1.165, 1.54) is 14.1 Å². The molecule has 0 saturated heterocycles. The number of nitrogens with one attached hydrogen (secondary N) is 1. The highest BCUT2D eigenvalue weighted by molar-refractivity contribution is 7.87. The average Bonchev–Trinajstić information content (AvgIpc) is 2.44. The maximum atomic E-state index is 11.6. The molecule has 1 unspecified atom stereocenters. The number of hydrogen-bond acceptors (Lipinski definition) is 3. The van der Waals surface area contributed by atoms with Crippen molar-refractivity contribution in [3.05, 3.63) is 48.0 Å². The van der Waals surface area contributed by atoms with Crippen LogP contribution in [0.3, 0.4) is 0 Å². The van der Waals surface area contributed by atoms with Crippen LogP contribution >= 0.6 is 0 Å². The van der Waals surface area contributed by atoms with Gasteiger partial charge in [0.25, 0.3) is 10.2 Å². The summed E-state index contributed by atoms with van der Waals surface area (Å²) in [7, 11) is -0.650. The van der Waals surface area contributed by atoms with Crippen LogP contribution in [0, 0.1) is 0 Å². The Morgan fingerprint density at radius 2 is 1.80 bits per heavy atom. The quantitative estimate of drug-likeness (QED) is 0.872. The van der Waals surface area contributed by atoms with Crippen molar-refractivity contribution >= 4 is 21.0 Å². The molecule has 1 atom stereocenters. The molecule has 20 heavy (non-hydrogen) atoms. The second-order valence-corrected chi connectivity index (χ2v) is 6.73. The molecule has 0 heterocycles. The monoisotopic (exact) mass is 294 g/mol. The maximum Gasteiger partial charge on any atom is 0.279 e. The molecule has 0 amide bonds. The van der Waals surface area contributed by atoms with Gasteiger partial charge in [0, 0.05) is 20.6 Å². The van der Waals surface area contributed by atoms with Gasteiger partial charge in [0.1, 0.15) is 0 Å². The van der Waals surface area contributed by atoms with Crippen molar-refractivity contribution in [2.75, 3.05) is 20.6 Å². The topological polar surface area (TPSA) is 69.6 Å². The first kappa shape index (κ1) is 14.9. The van der Waals surface area contributed by atoms with E-state index in [9.17, 15) is 13.5 Å². The molecule has 6 heteroatoms. The number of aliphatic hydroxyl groups excluding tert-OH is 1. The van der Waals surface area contributed by atoms with Crippen molar-refractivity contribution in [2.24, 2.45) is 0 Å². The molecule has 0 aliphatic carbocycles. The summed E-state index contributed by atoms with van der Waals surface area (Å²) in [6.45, 7) is -0.0567. The van der Waals surface area contributed by atoms with E-state index in [0.717, 1.165) is 15.1 Å². The van der Waals surface area contributed by atoms with Crippen LogP contribution in [-0.2, 0) is 10.2 Å². The third kappa shape index (κ3) is 3.34. The summed E-state index contributed by atoms with van der Waals surface area (Å²) in [5.74, 6) is 0. The molecule has 108 valence electrons. The third-order valence-corrected chi connectivity index (χ3v) is 4.59. The standard InChI is InChI=1S/C14H18N2O3S/c1-16(2)20(18,19)15-10-14(17)13-8-7-11-5-3-4-6-12(11)9-13/h3-9,14-15,17H,10H2,1-2H3. The average molecular weight is 294 g/mol. The van der Waals surface area contributed by atoms with E-state index < -0.39 is 16.3 Å². The molecule has 2 aromatic rings. The number of fused-ring (bicyclic) bond motifs is 1. The molecule has 0 fully saturated rings. The number of benzene rings is 2. The first-order valence-electron chi connectivity index (χ1n) is 6.24. The summed E-state index contributed by atoms with van der Waals surface area (Å²) < 4.78 is 26.6. The van der Waals surface area contributed by atoms with Crippen molar-refractivity contribution in [3.63, 3.8) is 0 Å². The van der Waals surface area contributed by atoms with Crippen molar-refractivity contribution in [2.45, 2.75) is 6.10 Å². The molecule has 0 aliphatic rings. The maximum absolute atomic E-state index is 11.6. The fraction of sp³-hybridized carbons (Fsp3) is 0.286. The minimum absolute atomic E-state index is 0.0567. The van der Waals surface area contributed by atoms with E-state index in [0.29, 0.717) is 5.56 Å². The van der Waals surface area contributed by atoms with Crippen LogP contribution in [0.1, 0.15) is 11.7 Å². The molecule has 5 nitrogen and oxygen atoms in total. The fourth-order valence-corrected chi connectivity index (χ4v) is 2.47. The van der Waals surface area contributed by atoms with Gasteiger partial charge in [-0.2, -0.15) is 17.4 Å². The van der Waals surface area contributed by atoms with Gasteiger partial charge in [-0.25, -0.2) is 0 Å². The van der Waals surface area contributed by atoms with Crippen molar-refractivity contribution in [1.29, 1.82) is 0 Å². The summed E-state index contributed by atoms with van der Waals surface area (Å²) in [6.07, 6.45) is -0.880. The Morgan fingerprint density at radius 3 is 2.45 bits per heavy atom. The second kappa shape index (κ2) is 5.88. The van der Waals surface area contributed by atoms with Crippen LogP contribution in [0.15, 0.2) is 42.5 Å². The van der Waals surface area contributed by atoms with Crippen LogP contribution in [0.2, 0.25) is 0 Å². The van der Waals surface area contributed by atoms with Gasteiger partial charge in [-0.05, 0) is 22.4 Å². The first-order chi connectivity index (χ1) is 9.40. The predicted octanol–water partition coefficient (Wildman–Crippen LogP) is 1.27. The van der Waals surface area contributed by atoms with E-state index in [2.05, 4.69) is 4.72 Å². The molecular formula is C14H18N2O3S. The molecule has 2 aromatic carbocycles. The largest absolute Gasteiger partial charge is 0.387 e. The summed E-state index contributed by atoms with van der Waals surface area (Å²) in [5.41, 5.74) is 0.685. The SMILES string of the molecule is CN(C)S(=O)(=O)NCC(O)c1ccc2ccccc2c1. The van der Waals surface area contributed by atoms with Gasteiger partial charge in [-0.1, -0.05) is 36.4 Å². The highest BCUT2D eigenvalue weighted by Gasteiger charge is 2.16. The van der Waals surface area contributed by atoms with E-state index in [4.69, 9.17) is 0 Å². The smallest absolute Gasteiger partial charge is 0.279 e. The van der Waals surface area contributed by atoms with Gasteiger partial charge >= 0.3 is 0 Å². The predicted molar refractivity (Wildman–Crippen MR) is 79.5 cm³/mol. The Labute approximate surface area is 119 Å². The normalized spacial score (nSPS) is 13.8. The van der Waals surface area contributed by atoms with Gasteiger partial charge in [0.05, 0.1) is 6.10 Å². The second-order valence-electron chi connectivity index (χ2n) is 4.76. The number of hydrogen-bond donors (Lipinski definition) is 2. The minimum Gasteiger partial charge on any atom is -0.387 e. The molecule has 0 spiro atoms. The minimum atomic E-state index is -3.52.